The molecule has 0 bridgehead atoms. The van der Waals surface area contributed by atoms with Crippen molar-refractivity contribution >= 4 is 0 Å². The van der Waals surface area contributed by atoms with Crippen molar-refractivity contribution in [1.29, 1.82) is 0 Å². The number of hydrogen-bond donors (Lipinski definition) is 1. The van der Waals surface area contributed by atoms with Crippen LogP contribution in [-0.2, 0) is 0 Å². The number of nitrogens with one attached hydrogen (secondary N) is 1. The summed E-state index contributed by atoms with van der Waals surface area (Å²) in [5.41, 5.74) is -0.475. The van der Waals surface area contributed by atoms with E-state index in [2.05, 4.69) is 9.97 Å². The average molecular weight is 97.1 g/mol. The third-order valence-electron chi connectivity index (χ3n) is 0.529. The van der Waals surface area contributed by atoms with Gasteiger partial charge in [-0.1, -0.05) is 0 Å². The summed E-state index contributed by atoms with van der Waals surface area (Å²) >= 11 is 0. The first-order valence-electron chi connectivity index (χ1n) is 2.31. The van der Waals surface area contributed by atoms with E-state index in [4.69, 9.17) is 1.37 Å². The number of hydrogen-bond acceptors (Lipinski definition) is 2. The molecular formula is C4H4N2O. The average Bonchev–Trinajstić information content (AvgIpc) is 1.64. The van der Waals surface area contributed by atoms with E-state index in [1.54, 1.807) is 0 Å². The molecule has 1 N–H and O–H groups in total. The monoisotopic (exact) mass is 97.0 g/mol. The number of rotatable bonds is 0. The van der Waals surface area contributed by atoms with Crippen molar-refractivity contribution < 1.29 is 1.37 Å². The second-order valence-electron chi connectivity index (χ2n) is 1.02. The van der Waals surface area contributed by atoms with Crippen molar-refractivity contribution in [2.24, 2.45) is 0 Å². The molecule has 1 rings (SSSR count). The normalized spacial score (nSPS) is 10.6. The van der Waals surface area contributed by atoms with Crippen molar-refractivity contribution in [1.82, 2.24) is 9.97 Å². The van der Waals surface area contributed by atoms with Gasteiger partial charge in [-0.15, -0.1) is 0 Å². The maximum atomic E-state index is 10.2. The summed E-state index contributed by atoms with van der Waals surface area (Å²) < 4.78 is 6.84. The zero-order chi connectivity index (χ0) is 5.98. The maximum Gasteiger partial charge on any atom is 0.344 e. The van der Waals surface area contributed by atoms with Gasteiger partial charge in [0.15, 0.2) is 0 Å². The fraction of sp³-hybridized carbons (Fsp3) is 0. The van der Waals surface area contributed by atoms with Crippen molar-refractivity contribution in [3.63, 3.8) is 0 Å². The second-order valence-corrected chi connectivity index (χ2v) is 1.02. The first-order valence-corrected chi connectivity index (χ1v) is 1.81. The third-order valence-corrected chi connectivity index (χ3v) is 0.529. The van der Waals surface area contributed by atoms with Crippen molar-refractivity contribution in [3.05, 3.63) is 28.9 Å². The van der Waals surface area contributed by atoms with Crippen LogP contribution in [0.25, 0.3) is 0 Å². The molecule has 0 unspecified atom stereocenters. The van der Waals surface area contributed by atoms with Gasteiger partial charge in [0.1, 0.15) is 0 Å². The molecule has 0 atom stereocenters. The number of aromatic amines is 1. The zero-order valence-electron chi connectivity index (χ0n) is 4.51. The summed E-state index contributed by atoms with van der Waals surface area (Å²) in [5, 5.41) is 0. The van der Waals surface area contributed by atoms with E-state index in [9.17, 15) is 4.79 Å². The summed E-state index contributed by atoms with van der Waals surface area (Å²) in [6.45, 7) is 0. The SMILES string of the molecule is [2H]c1ccnc(=O)[nH]1. The molecule has 0 radical (unpaired) electrons. The lowest BCUT2D eigenvalue weighted by molar-refractivity contribution is 1.08. The lowest BCUT2D eigenvalue weighted by Gasteiger charge is -1.72. The summed E-state index contributed by atoms with van der Waals surface area (Å²) in [4.78, 5) is 15.7. The molecule has 1 aromatic heterocycles. The van der Waals surface area contributed by atoms with Gasteiger partial charge in [-0.25, -0.2) is 9.78 Å². The molecule has 0 fully saturated rings. The highest BCUT2D eigenvalue weighted by atomic mass is 16.1. The van der Waals surface area contributed by atoms with E-state index in [-0.39, 0.29) is 6.17 Å². The Morgan fingerprint density at radius 1 is 2.00 bits per heavy atom. The molecule has 0 spiro atoms. The topological polar surface area (TPSA) is 45.8 Å². The first kappa shape index (κ1) is 2.96. The lowest BCUT2D eigenvalue weighted by Crippen LogP contribution is -2.05. The van der Waals surface area contributed by atoms with Crippen LogP contribution in [0.15, 0.2) is 23.2 Å². The van der Waals surface area contributed by atoms with E-state index < -0.39 is 5.69 Å². The zero-order valence-corrected chi connectivity index (χ0v) is 3.51. The molecule has 0 saturated carbocycles. The minimum Gasteiger partial charge on any atom is -0.313 e. The molecule has 0 aliphatic carbocycles. The Balaban J connectivity index is 3.28. The molecule has 0 aliphatic heterocycles. The van der Waals surface area contributed by atoms with Gasteiger partial charge < -0.3 is 4.98 Å². The number of aromatic nitrogens is 2. The van der Waals surface area contributed by atoms with Crippen LogP contribution in [0.4, 0.5) is 0 Å². The van der Waals surface area contributed by atoms with Gasteiger partial charge in [0.05, 0.1) is 1.37 Å². The molecule has 0 aliphatic rings. The third kappa shape index (κ3) is 0.855. The van der Waals surface area contributed by atoms with E-state index >= 15 is 0 Å². The smallest absolute Gasteiger partial charge is 0.313 e. The molecule has 7 heavy (non-hydrogen) atoms. The van der Waals surface area contributed by atoms with Gasteiger partial charge in [0, 0.05) is 12.4 Å². The van der Waals surface area contributed by atoms with Crippen molar-refractivity contribution in [2.45, 2.75) is 0 Å². The minimum absolute atomic E-state index is 0.0880. The summed E-state index contributed by atoms with van der Waals surface area (Å²) in [6, 6.07) is 1.40. The van der Waals surface area contributed by atoms with Gasteiger partial charge in [-0.05, 0) is 6.07 Å². The Kier molecular flexibility index (Phi) is 0.656. The molecular weight excluding hydrogens is 92.1 g/mol. The molecule has 0 amide bonds. The van der Waals surface area contributed by atoms with Crippen molar-refractivity contribution in [3.8, 4) is 0 Å². The van der Waals surface area contributed by atoms with Gasteiger partial charge in [-0.2, -0.15) is 0 Å². The van der Waals surface area contributed by atoms with Crippen LogP contribution >= 0.6 is 0 Å². The Bertz CT molecular complexity index is 231. The molecule has 36 valence electrons. The van der Waals surface area contributed by atoms with E-state index in [0.29, 0.717) is 0 Å². The number of nitrogens with zero attached hydrogens (tertiary/aromatic N) is 1. The molecule has 1 heterocycles. The second kappa shape index (κ2) is 1.55. The lowest BCUT2D eigenvalue weighted by atomic mass is 10.7. The fourth-order valence-electron chi connectivity index (χ4n) is 0.278. The highest BCUT2D eigenvalue weighted by Gasteiger charge is 1.70. The Hall–Kier alpha value is -1.12. The van der Waals surface area contributed by atoms with Gasteiger partial charge in [0.2, 0.25) is 0 Å². The van der Waals surface area contributed by atoms with Crippen LogP contribution in [-0.4, -0.2) is 9.97 Å². The Labute approximate surface area is 41.4 Å². The molecule has 3 nitrogen and oxygen atoms in total. The van der Waals surface area contributed by atoms with Crippen LogP contribution < -0.4 is 5.69 Å². The van der Waals surface area contributed by atoms with Crippen LogP contribution in [0.2, 0.25) is 0 Å². The van der Waals surface area contributed by atoms with Gasteiger partial charge in [-0.3, -0.25) is 0 Å². The summed E-state index contributed by atoms with van der Waals surface area (Å²) in [7, 11) is 0. The van der Waals surface area contributed by atoms with Crippen LogP contribution in [0.5, 0.6) is 0 Å². The molecule has 0 saturated heterocycles. The Morgan fingerprint density at radius 3 is 3.29 bits per heavy atom. The molecule has 3 heteroatoms. The summed E-state index contributed by atoms with van der Waals surface area (Å²) in [6.07, 6.45) is 1.38. The van der Waals surface area contributed by atoms with Gasteiger partial charge >= 0.3 is 5.69 Å². The number of H-pyrrole nitrogens is 1. The minimum atomic E-state index is -0.475. The fourth-order valence-corrected chi connectivity index (χ4v) is 0.278. The van der Waals surface area contributed by atoms with Crippen LogP contribution in [0.1, 0.15) is 1.37 Å². The highest BCUT2D eigenvalue weighted by Crippen LogP contribution is 1.60. The van der Waals surface area contributed by atoms with Crippen LogP contribution in [0.3, 0.4) is 0 Å². The quantitative estimate of drug-likeness (QED) is 0.486. The van der Waals surface area contributed by atoms with Crippen molar-refractivity contribution in [2.75, 3.05) is 0 Å². The predicted molar refractivity (Wildman–Crippen MR) is 24.9 cm³/mol. The molecule has 0 aromatic carbocycles. The largest absolute Gasteiger partial charge is 0.344 e. The molecule has 1 aromatic rings. The van der Waals surface area contributed by atoms with E-state index in [1.807, 2.05) is 0 Å². The Morgan fingerprint density at radius 2 is 2.86 bits per heavy atom. The maximum absolute atomic E-state index is 10.2. The predicted octanol–water partition coefficient (Wildman–Crippen LogP) is -0.230. The summed E-state index contributed by atoms with van der Waals surface area (Å²) in [5.74, 6) is 0. The first-order chi connectivity index (χ1) is 3.79. The van der Waals surface area contributed by atoms with Gasteiger partial charge in [0.25, 0.3) is 0 Å². The standard InChI is InChI=1S/C4H4N2O/c7-4-5-2-1-3-6-4/h1-3H,(H,5,6,7)/i2D. The highest BCUT2D eigenvalue weighted by molar-refractivity contribution is 4.75. The van der Waals surface area contributed by atoms with E-state index in [1.165, 1.54) is 12.3 Å². The van der Waals surface area contributed by atoms with E-state index in [0.717, 1.165) is 0 Å². The van der Waals surface area contributed by atoms with Crippen LogP contribution in [0, 0.1) is 0 Å².